The number of phenols is 2. The minimum atomic E-state index is -1.17. The highest BCUT2D eigenvalue weighted by Crippen LogP contribution is 2.30. The molecule has 0 atom stereocenters. The van der Waals surface area contributed by atoms with Crippen molar-refractivity contribution < 1.29 is 24.9 Å². The van der Waals surface area contributed by atoms with Gasteiger partial charge >= 0.3 is 5.97 Å². The van der Waals surface area contributed by atoms with E-state index >= 15 is 0 Å². The fourth-order valence-corrected chi connectivity index (χ4v) is 2.37. The number of para-hydroxylation sites is 1. The molecule has 0 fully saturated rings. The number of rotatable bonds is 5. The molecule has 0 aliphatic heterocycles. The lowest BCUT2D eigenvalue weighted by molar-refractivity contribution is -0.136. The predicted molar refractivity (Wildman–Crippen MR) is 88.7 cm³/mol. The van der Waals surface area contributed by atoms with E-state index < -0.39 is 29.8 Å². The van der Waals surface area contributed by atoms with Gasteiger partial charge in [0.2, 0.25) is 0 Å². The molecule has 0 unspecified atom stereocenters. The number of carbonyl (C=O) groups is 2. The lowest BCUT2D eigenvalue weighted by Crippen LogP contribution is -2.13. The molecule has 0 bridgehead atoms. The van der Waals surface area contributed by atoms with Crippen LogP contribution in [-0.2, 0) is 11.2 Å². The van der Waals surface area contributed by atoms with Crippen LogP contribution in [-0.4, -0.2) is 47.8 Å². The zero-order valence-corrected chi connectivity index (χ0v) is 13.2. The minimum Gasteiger partial charge on any atom is -0.508 e. The highest BCUT2D eigenvalue weighted by atomic mass is 16.4. The maximum absolute atomic E-state index is 12.5. The third kappa shape index (κ3) is 3.43. The molecule has 26 heavy (non-hydrogen) atoms. The molecule has 0 spiro atoms. The van der Waals surface area contributed by atoms with Crippen molar-refractivity contribution in [3.8, 4) is 22.9 Å². The minimum absolute atomic E-state index is 0.000292. The molecule has 0 saturated carbocycles. The third-order valence-corrected chi connectivity index (χ3v) is 3.56. The summed E-state index contributed by atoms with van der Waals surface area (Å²) < 4.78 is 0. The first-order valence-electron chi connectivity index (χ1n) is 7.37. The molecule has 2 aromatic carbocycles. The summed E-state index contributed by atoms with van der Waals surface area (Å²) in [5.41, 5.74) is 0.698. The molecule has 0 aliphatic carbocycles. The van der Waals surface area contributed by atoms with Gasteiger partial charge in [0.1, 0.15) is 11.5 Å². The summed E-state index contributed by atoms with van der Waals surface area (Å²) in [6.07, 6.45) is -0.484. The van der Waals surface area contributed by atoms with E-state index in [9.17, 15) is 19.8 Å². The molecule has 1 amide bonds. The van der Waals surface area contributed by atoms with Gasteiger partial charge in [-0.2, -0.15) is 0 Å². The molecule has 1 aromatic heterocycles. The summed E-state index contributed by atoms with van der Waals surface area (Å²) in [7, 11) is 0. The second-order valence-corrected chi connectivity index (χ2v) is 5.32. The van der Waals surface area contributed by atoms with Gasteiger partial charge in [-0.3, -0.25) is 9.59 Å². The average Bonchev–Trinajstić information content (AvgIpc) is 3.12. The topological polar surface area (TPSA) is 161 Å². The van der Waals surface area contributed by atoms with Gasteiger partial charge in [-0.15, -0.1) is 5.10 Å². The van der Waals surface area contributed by atoms with E-state index in [-0.39, 0.29) is 11.1 Å². The number of aromatic amines is 1. The van der Waals surface area contributed by atoms with E-state index in [2.05, 4.69) is 25.9 Å². The van der Waals surface area contributed by atoms with E-state index in [0.29, 0.717) is 17.1 Å². The van der Waals surface area contributed by atoms with Crippen LogP contribution in [0.4, 0.5) is 5.69 Å². The zero-order valence-electron chi connectivity index (χ0n) is 13.2. The summed E-state index contributed by atoms with van der Waals surface area (Å²) >= 11 is 0. The Hall–Kier alpha value is -3.95. The number of anilines is 1. The molecule has 0 saturated heterocycles. The van der Waals surface area contributed by atoms with Crippen LogP contribution in [0.5, 0.6) is 11.5 Å². The highest BCUT2D eigenvalue weighted by Gasteiger charge is 2.18. The fraction of sp³-hybridized carbons (Fsp3) is 0.0625. The first-order chi connectivity index (χ1) is 12.5. The number of carboxylic acid groups (broad SMARTS) is 1. The number of tetrazole rings is 1. The van der Waals surface area contributed by atoms with Crippen molar-refractivity contribution in [2.24, 2.45) is 0 Å². The average molecular weight is 355 g/mol. The van der Waals surface area contributed by atoms with Crippen LogP contribution in [0.3, 0.4) is 0 Å². The van der Waals surface area contributed by atoms with E-state index in [1.807, 2.05) is 0 Å². The van der Waals surface area contributed by atoms with Gasteiger partial charge in [0.25, 0.3) is 5.91 Å². The van der Waals surface area contributed by atoms with Crippen LogP contribution in [0, 0.1) is 0 Å². The highest BCUT2D eigenvalue weighted by molar-refractivity contribution is 6.08. The van der Waals surface area contributed by atoms with Gasteiger partial charge in [0.05, 0.1) is 17.7 Å². The maximum atomic E-state index is 12.5. The SMILES string of the molecule is O=C(O)Cc1cc(O)c(C(=O)Nc2ccccc2-c2nnn[nH]2)cc1O. The van der Waals surface area contributed by atoms with Gasteiger partial charge in [0, 0.05) is 11.1 Å². The van der Waals surface area contributed by atoms with Crippen LogP contribution in [0.25, 0.3) is 11.4 Å². The van der Waals surface area contributed by atoms with E-state index in [1.54, 1.807) is 24.3 Å². The smallest absolute Gasteiger partial charge is 0.307 e. The third-order valence-electron chi connectivity index (χ3n) is 3.56. The van der Waals surface area contributed by atoms with Crippen LogP contribution in [0.15, 0.2) is 36.4 Å². The number of benzene rings is 2. The van der Waals surface area contributed by atoms with Gasteiger partial charge in [-0.05, 0) is 34.7 Å². The normalized spacial score (nSPS) is 10.5. The van der Waals surface area contributed by atoms with Crippen molar-refractivity contribution in [1.82, 2.24) is 20.6 Å². The number of aliphatic carboxylic acids is 1. The van der Waals surface area contributed by atoms with E-state index in [4.69, 9.17) is 5.11 Å². The molecule has 5 N–H and O–H groups in total. The fourth-order valence-electron chi connectivity index (χ4n) is 2.37. The number of hydrogen-bond donors (Lipinski definition) is 5. The molecule has 132 valence electrons. The molecule has 0 radical (unpaired) electrons. The standard InChI is InChI=1S/C16H13N5O5/c22-12-7-10(13(23)5-8(12)6-14(24)25)16(26)17-11-4-2-1-3-9(11)15-18-20-21-19-15/h1-5,7,22-23H,6H2,(H,17,26)(H,24,25)(H,18,19,20,21). The van der Waals surface area contributed by atoms with Crippen LogP contribution in [0.2, 0.25) is 0 Å². The summed E-state index contributed by atoms with van der Waals surface area (Å²) in [5, 5.41) is 44.6. The van der Waals surface area contributed by atoms with Crippen molar-refractivity contribution >= 4 is 17.6 Å². The number of H-pyrrole nitrogens is 1. The van der Waals surface area contributed by atoms with Gasteiger partial charge in [-0.1, -0.05) is 12.1 Å². The van der Waals surface area contributed by atoms with Crippen LogP contribution < -0.4 is 5.32 Å². The number of nitrogens with zero attached hydrogens (tertiary/aromatic N) is 3. The Balaban J connectivity index is 1.90. The van der Waals surface area contributed by atoms with Gasteiger partial charge in [-0.25, -0.2) is 5.10 Å². The Morgan fingerprint density at radius 3 is 2.58 bits per heavy atom. The number of nitrogens with one attached hydrogen (secondary N) is 2. The lowest BCUT2D eigenvalue weighted by Gasteiger charge is -2.11. The summed E-state index contributed by atoms with van der Waals surface area (Å²) in [4.78, 5) is 23.2. The second kappa shape index (κ2) is 6.89. The number of aromatic nitrogens is 4. The maximum Gasteiger partial charge on any atom is 0.307 e. The van der Waals surface area contributed by atoms with Crippen molar-refractivity contribution in [3.63, 3.8) is 0 Å². The van der Waals surface area contributed by atoms with E-state index in [1.165, 1.54) is 0 Å². The Morgan fingerprint density at radius 2 is 1.88 bits per heavy atom. The number of hydrogen-bond acceptors (Lipinski definition) is 7. The van der Waals surface area contributed by atoms with E-state index in [0.717, 1.165) is 12.1 Å². The van der Waals surface area contributed by atoms with Crippen molar-refractivity contribution in [2.75, 3.05) is 5.32 Å². The Labute approximate surface area is 146 Å². The number of phenolic OH excluding ortho intramolecular Hbond substituents is 2. The lowest BCUT2D eigenvalue weighted by atomic mass is 10.1. The van der Waals surface area contributed by atoms with Crippen LogP contribution >= 0.6 is 0 Å². The summed E-state index contributed by atoms with van der Waals surface area (Å²) in [6, 6.07) is 8.79. The quantitative estimate of drug-likeness (QED) is 0.426. The first kappa shape index (κ1) is 16.9. The molecule has 10 heteroatoms. The van der Waals surface area contributed by atoms with Gasteiger partial charge in [0.15, 0.2) is 5.82 Å². The summed E-state index contributed by atoms with van der Waals surface area (Å²) in [5.74, 6) is -2.38. The second-order valence-electron chi connectivity index (χ2n) is 5.32. The molecule has 1 heterocycles. The van der Waals surface area contributed by atoms with Crippen molar-refractivity contribution in [1.29, 1.82) is 0 Å². The Bertz CT molecular complexity index is 971. The van der Waals surface area contributed by atoms with Crippen LogP contribution in [0.1, 0.15) is 15.9 Å². The molecule has 3 rings (SSSR count). The zero-order chi connectivity index (χ0) is 18.7. The first-order valence-corrected chi connectivity index (χ1v) is 7.37. The van der Waals surface area contributed by atoms with Crippen molar-refractivity contribution in [2.45, 2.75) is 6.42 Å². The molecular formula is C16H13N5O5. The predicted octanol–water partition coefficient (Wildman–Crippen LogP) is 1.16. The Morgan fingerprint density at radius 1 is 1.12 bits per heavy atom. The number of amides is 1. The molecule has 10 nitrogen and oxygen atoms in total. The number of aromatic hydroxyl groups is 2. The Kier molecular flexibility index (Phi) is 4.48. The molecule has 0 aliphatic rings. The summed E-state index contributed by atoms with van der Waals surface area (Å²) in [6.45, 7) is 0. The molecular weight excluding hydrogens is 342 g/mol. The van der Waals surface area contributed by atoms with Crippen molar-refractivity contribution in [3.05, 3.63) is 47.5 Å². The number of carbonyl (C=O) groups excluding carboxylic acids is 1. The van der Waals surface area contributed by atoms with Gasteiger partial charge < -0.3 is 20.6 Å². The number of carboxylic acids is 1. The largest absolute Gasteiger partial charge is 0.508 e. The molecule has 3 aromatic rings. The monoisotopic (exact) mass is 355 g/mol.